The van der Waals surface area contributed by atoms with Gasteiger partial charge in [-0.25, -0.2) is 4.98 Å². The number of aromatic amines is 2. The minimum absolute atomic E-state index is 0.222. The Kier molecular flexibility index (Phi) is 9.91. The van der Waals surface area contributed by atoms with E-state index >= 15 is 0 Å². The Morgan fingerprint density at radius 3 is 2.20 bits per heavy atom. The van der Waals surface area contributed by atoms with Gasteiger partial charge >= 0.3 is 5.97 Å². The van der Waals surface area contributed by atoms with E-state index in [9.17, 15) is 4.79 Å². The van der Waals surface area contributed by atoms with Gasteiger partial charge in [0.15, 0.2) is 0 Å². The summed E-state index contributed by atoms with van der Waals surface area (Å²) in [6, 6.07) is 6.63. The summed E-state index contributed by atoms with van der Waals surface area (Å²) in [6.45, 7) is 22.8. The van der Waals surface area contributed by atoms with Crippen molar-refractivity contribution in [2.75, 3.05) is 0 Å². The quantitative estimate of drug-likeness (QED) is 0.309. The molecule has 0 saturated carbocycles. The number of aromatic nitrogens is 4. The Bertz CT molecular complexity index is 1620. The number of allylic oxidation sites excluding steroid dienone is 1. The van der Waals surface area contributed by atoms with E-state index in [4.69, 9.17) is 15.1 Å². The molecule has 1 unspecified atom stereocenters. The van der Waals surface area contributed by atoms with Crippen molar-refractivity contribution in [2.24, 2.45) is 0 Å². The third kappa shape index (κ3) is 6.11. The average Bonchev–Trinajstić information content (AvgIpc) is 3.65. The van der Waals surface area contributed by atoms with Crippen molar-refractivity contribution in [3.8, 4) is 0 Å². The van der Waals surface area contributed by atoms with Crippen molar-refractivity contribution in [1.29, 1.82) is 0 Å². The molecule has 0 aromatic carbocycles. The van der Waals surface area contributed by atoms with Gasteiger partial charge in [0.1, 0.15) is 0 Å². The molecule has 0 aliphatic carbocycles. The summed E-state index contributed by atoms with van der Waals surface area (Å²) in [5, 5.41) is 7.72. The number of rotatable bonds is 3. The molecule has 2 aliphatic rings. The highest BCUT2D eigenvalue weighted by Gasteiger charge is 2.20. The Morgan fingerprint density at radius 1 is 0.975 bits per heavy atom. The highest BCUT2D eigenvalue weighted by Crippen LogP contribution is 2.31. The number of hydrogen-bond donors (Lipinski definition) is 3. The van der Waals surface area contributed by atoms with Gasteiger partial charge in [-0.1, -0.05) is 47.3 Å². The zero-order valence-corrected chi connectivity index (χ0v) is 25.5. The largest absolute Gasteiger partial charge is 0.481 e. The molecule has 0 saturated heterocycles. The summed E-state index contributed by atoms with van der Waals surface area (Å²) in [6.07, 6.45) is 6.27. The molecule has 0 spiro atoms. The topological polar surface area (TPSA) is 94.7 Å². The molecule has 3 N–H and O–H groups in total. The summed E-state index contributed by atoms with van der Waals surface area (Å²) in [7, 11) is 0. The number of hydrogen-bond acceptors (Lipinski definition) is 3. The second-order valence-electron chi connectivity index (χ2n) is 10.2. The van der Waals surface area contributed by atoms with E-state index in [1.807, 2.05) is 19.9 Å². The lowest BCUT2D eigenvalue weighted by Crippen LogP contribution is -1.91. The molecule has 6 nitrogen and oxygen atoms in total. The maximum atomic E-state index is 9.37. The van der Waals surface area contributed by atoms with E-state index in [0.717, 1.165) is 63.2 Å². The number of carboxylic acid groups (broad SMARTS) is 1. The molecule has 0 amide bonds. The minimum atomic E-state index is -0.745. The molecule has 40 heavy (non-hydrogen) atoms. The van der Waals surface area contributed by atoms with Gasteiger partial charge in [0.2, 0.25) is 0 Å². The normalized spacial score (nSPS) is 13.9. The summed E-state index contributed by atoms with van der Waals surface area (Å²) < 4.78 is 0. The highest BCUT2D eigenvalue weighted by atomic mass is 16.4. The Hall–Kier alpha value is -3.93. The van der Waals surface area contributed by atoms with Gasteiger partial charge < -0.3 is 15.1 Å². The average molecular weight is 541 g/mol. The van der Waals surface area contributed by atoms with Gasteiger partial charge in [0.05, 0.1) is 11.4 Å². The van der Waals surface area contributed by atoms with Crippen molar-refractivity contribution in [1.82, 2.24) is 19.9 Å². The Morgan fingerprint density at radius 2 is 1.60 bits per heavy atom. The summed E-state index contributed by atoms with van der Waals surface area (Å²) in [5.74, 6) is -0.375. The molecule has 0 fully saturated rings. The maximum Gasteiger partial charge on any atom is 0.303 e. The summed E-state index contributed by atoms with van der Waals surface area (Å²) in [5.41, 5.74) is 16.0. The molecule has 3 aromatic heterocycles. The number of carboxylic acids is 1. The first kappa shape index (κ1) is 30.6. The third-order valence-electron chi connectivity index (χ3n) is 7.62. The van der Waals surface area contributed by atoms with Gasteiger partial charge in [-0.3, -0.25) is 9.78 Å². The molecule has 1 atom stereocenters. The molecular weight excluding hydrogens is 496 g/mol. The predicted molar refractivity (Wildman–Crippen MR) is 170 cm³/mol. The van der Waals surface area contributed by atoms with E-state index in [1.54, 1.807) is 6.92 Å². The summed E-state index contributed by atoms with van der Waals surface area (Å²) in [4.78, 5) is 26.8. The lowest BCUT2D eigenvalue weighted by Gasteiger charge is -2.00. The number of aryl methyl sites for hydroxylation is 3. The van der Waals surface area contributed by atoms with Crippen LogP contribution in [0.15, 0.2) is 24.8 Å². The van der Waals surface area contributed by atoms with Crippen LogP contribution in [0, 0.1) is 20.8 Å². The van der Waals surface area contributed by atoms with Crippen LogP contribution in [0.2, 0.25) is 0 Å². The van der Waals surface area contributed by atoms with Crippen molar-refractivity contribution in [3.63, 3.8) is 0 Å². The fourth-order valence-corrected chi connectivity index (χ4v) is 5.14. The van der Waals surface area contributed by atoms with Crippen LogP contribution in [0.3, 0.4) is 0 Å². The lowest BCUT2D eigenvalue weighted by molar-refractivity contribution is -0.136. The van der Waals surface area contributed by atoms with Crippen molar-refractivity contribution in [3.05, 3.63) is 75.4 Å². The number of fused-ring (bicyclic) bond motifs is 8. The van der Waals surface area contributed by atoms with Crippen molar-refractivity contribution in [2.45, 2.75) is 87.5 Å². The van der Waals surface area contributed by atoms with Crippen LogP contribution in [0.1, 0.15) is 104 Å². The fraction of sp³-hybridized carbons (Fsp3) is 0.382. The van der Waals surface area contributed by atoms with E-state index in [2.05, 4.69) is 82.4 Å². The van der Waals surface area contributed by atoms with Crippen LogP contribution >= 0.6 is 0 Å². The number of H-pyrrole nitrogens is 2. The fourth-order valence-electron chi connectivity index (χ4n) is 5.14. The first-order chi connectivity index (χ1) is 19.1. The van der Waals surface area contributed by atoms with Crippen LogP contribution < -0.4 is 0 Å². The van der Waals surface area contributed by atoms with Gasteiger partial charge in [-0.2, -0.15) is 0 Å². The van der Waals surface area contributed by atoms with Crippen LogP contribution in [0.4, 0.5) is 0 Å². The van der Waals surface area contributed by atoms with Gasteiger partial charge in [0, 0.05) is 51.4 Å². The molecule has 8 bridgehead atoms. The zero-order chi connectivity index (χ0) is 29.7. The van der Waals surface area contributed by atoms with Gasteiger partial charge in [0.25, 0.3) is 0 Å². The SMILES string of the molecule is C=Cc1c(C)c2cc3nc(c(C)c4nc(cc5[nH]c(cc1[nH]2)c(C)c5CC)C(C)=C4)CC3C.CC.CCC(=O)O. The third-order valence-corrected chi connectivity index (χ3v) is 7.62. The molecule has 0 radical (unpaired) electrons. The molecule has 2 aliphatic heterocycles. The highest BCUT2D eigenvalue weighted by molar-refractivity contribution is 5.86. The number of aliphatic carboxylic acids is 1. The Labute approximate surface area is 238 Å². The number of nitrogens with zero attached hydrogens (tertiary/aromatic N) is 2. The van der Waals surface area contributed by atoms with Crippen molar-refractivity contribution < 1.29 is 9.90 Å². The number of carbonyl (C=O) groups is 1. The Balaban J connectivity index is 0.000000570. The maximum absolute atomic E-state index is 9.37. The standard InChI is InChI=1S/C29H32N4.C3H6O2.C2H6/c1-8-20-18(6)27-14-29-21(9-2)17(5)26(32-29)12-22-15(3)10-24(30-22)19(7)25-11-16(4)23(31-25)13-28(20)33-27;1-2-3(4)5;1-2/h9,11-15,32-33H,2,8,10H2,1,3-7H3;2H2,1H3,(H,4,5);1-2H3. The first-order valence-electron chi connectivity index (χ1n) is 14.3. The second-order valence-corrected chi connectivity index (χ2v) is 10.2. The predicted octanol–water partition coefficient (Wildman–Crippen LogP) is 8.86. The molecule has 5 rings (SSSR count). The van der Waals surface area contributed by atoms with E-state index < -0.39 is 5.97 Å². The number of nitrogens with one attached hydrogen (secondary N) is 2. The van der Waals surface area contributed by atoms with E-state index in [0.29, 0.717) is 5.92 Å². The molecule has 5 heterocycles. The van der Waals surface area contributed by atoms with Crippen molar-refractivity contribution >= 4 is 45.8 Å². The smallest absolute Gasteiger partial charge is 0.303 e. The minimum Gasteiger partial charge on any atom is -0.481 e. The zero-order valence-electron chi connectivity index (χ0n) is 25.5. The van der Waals surface area contributed by atoms with Crippen LogP contribution in [0.5, 0.6) is 0 Å². The van der Waals surface area contributed by atoms with E-state index in [-0.39, 0.29) is 6.42 Å². The van der Waals surface area contributed by atoms with Gasteiger partial charge in [-0.15, -0.1) is 0 Å². The van der Waals surface area contributed by atoms with Crippen LogP contribution in [-0.2, 0) is 17.6 Å². The monoisotopic (exact) mass is 540 g/mol. The van der Waals surface area contributed by atoms with E-state index in [1.165, 1.54) is 27.8 Å². The van der Waals surface area contributed by atoms with Gasteiger partial charge in [-0.05, 0) is 92.6 Å². The van der Waals surface area contributed by atoms with Crippen LogP contribution in [-0.4, -0.2) is 31.0 Å². The molecule has 212 valence electrons. The first-order valence-corrected chi connectivity index (χ1v) is 14.3. The summed E-state index contributed by atoms with van der Waals surface area (Å²) >= 11 is 0. The second kappa shape index (κ2) is 12.9. The lowest BCUT2D eigenvalue weighted by atomic mass is 10.0. The van der Waals surface area contributed by atoms with Crippen LogP contribution in [0.25, 0.3) is 39.8 Å². The molecule has 6 heteroatoms. The molecular formula is C34H44N4O2. The molecule has 3 aromatic rings.